The molecule has 0 aliphatic heterocycles. The van der Waals surface area contributed by atoms with Gasteiger partial charge in [-0.2, -0.15) is 5.26 Å². The number of benzene rings is 2. The highest BCUT2D eigenvalue weighted by Gasteiger charge is 2.15. The van der Waals surface area contributed by atoms with Crippen molar-refractivity contribution in [2.75, 3.05) is 5.32 Å². The molecule has 1 amide bonds. The molecule has 4 heteroatoms. The molecule has 2 aromatic rings. The van der Waals surface area contributed by atoms with Gasteiger partial charge in [-0.1, -0.05) is 17.7 Å². The van der Waals surface area contributed by atoms with Gasteiger partial charge in [0.25, 0.3) is 5.91 Å². The summed E-state index contributed by atoms with van der Waals surface area (Å²) in [7, 11) is 0. The topological polar surface area (TPSA) is 52.9 Å². The predicted molar refractivity (Wildman–Crippen MR) is 82.6 cm³/mol. The summed E-state index contributed by atoms with van der Waals surface area (Å²) in [4.78, 5) is 12.3. The highest BCUT2D eigenvalue weighted by Crippen LogP contribution is 2.25. The zero-order valence-electron chi connectivity index (χ0n) is 11.3. The average Bonchev–Trinajstić information content (AvgIpc) is 2.96. The van der Waals surface area contributed by atoms with E-state index in [9.17, 15) is 4.79 Å². The van der Waals surface area contributed by atoms with E-state index in [0.717, 1.165) is 19.3 Å². The fourth-order valence-corrected chi connectivity index (χ4v) is 2.76. The molecular weight excluding hydrogens is 284 g/mol. The van der Waals surface area contributed by atoms with Gasteiger partial charge in [-0.3, -0.25) is 4.79 Å². The summed E-state index contributed by atoms with van der Waals surface area (Å²) in [5.41, 5.74) is 4.12. The number of nitrogens with one attached hydrogen (secondary N) is 1. The first-order valence-corrected chi connectivity index (χ1v) is 7.18. The van der Waals surface area contributed by atoms with E-state index in [2.05, 4.69) is 5.32 Å². The number of nitrogens with zero attached hydrogens (tertiary/aromatic N) is 1. The first-order chi connectivity index (χ1) is 10.2. The Hall–Kier alpha value is -2.31. The van der Waals surface area contributed by atoms with Gasteiger partial charge in [0, 0.05) is 5.56 Å². The SMILES string of the molecule is N#Cc1ccc(Cl)c(NC(=O)c2ccc3c(c2)CCC3)c1. The largest absolute Gasteiger partial charge is 0.321 e. The van der Waals surface area contributed by atoms with Gasteiger partial charge in [-0.25, -0.2) is 0 Å². The molecule has 0 aromatic heterocycles. The second-order valence-corrected chi connectivity index (χ2v) is 5.50. The molecule has 21 heavy (non-hydrogen) atoms. The van der Waals surface area contributed by atoms with Crippen LogP contribution in [0.15, 0.2) is 36.4 Å². The highest BCUT2D eigenvalue weighted by molar-refractivity contribution is 6.34. The maximum Gasteiger partial charge on any atom is 0.255 e. The summed E-state index contributed by atoms with van der Waals surface area (Å²) >= 11 is 6.05. The van der Waals surface area contributed by atoms with Gasteiger partial charge in [-0.05, 0) is 60.7 Å². The van der Waals surface area contributed by atoms with E-state index in [-0.39, 0.29) is 5.91 Å². The number of carbonyl (C=O) groups is 1. The molecule has 0 saturated carbocycles. The summed E-state index contributed by atoms with van der Waals surface area (Å²) < 4.78 is 0. The zero-order valence-corrected chi connectivity index (χ0v) is 12.1. The summed E-state index contributed by atoms with van der Waals surface area (Å²) in [6.45, 7) is 0. The molecule has 3 rings (SSSR count). The van der Waals surface area contributed by atoms with Gasteiger partial charge in [0.2, 0.25) is 0 Å². The standard InChI is InChI=1S/C17H13ClN2O/c18-15-7-4-11(10-19)8-16(15)20-17(21)14-6-5-12-2-1-3-13(12)9-14/h4-9H,1-3H2,(H,20,21). The van der Waals surface area contributed by atoms with Crippen LogP contribution in [0.5, 0.6) is 0 Å². The van der Waals surface area contributed by atoms with E-state index in [1.807, 2.05) is 24.3 Å². The van der Waals surface area contributed by atoms with Crippen LogP contribution in [0.2, 0.25) is 5.02 Å². The monoisotopic (exact) mass is 296 g/mol. The van der Waals surface area contributed by atoms with Crippen molar-refractivity contribution in [2.45, 2.75) is 19.3 Å². The van der Waals surface area contributed by atoms with Gasteiger partial charge in [0.05, 0.1) is 22.3 Å². The van der Waals surface area contributed by atoms with Crippen LogP contribution in [0.1, 0.15) is 33.5 Å². The van der Waals surface area contributed by atoms with E-state index >= 15 is 0 Å². The van der Waals surface area contributed by atoms with Crippen LogP contribution >= 0.6 is 11.6 Å². The van der Waals surface area contributed by atoms with Crippen LogP contribution in [0.25, 0.3) is 0 Å². The number of hydrogen-bond acceptors (Lipinski definition) is 2. The van der Waals surface area contributed by atoms with Gasteiger partial charge < -0.3 is 5.32 Å². The Balaban J connectivity index is 1.85. The van der Waals surface area contributed by atoms with Crippen LogP contribution in [0.3, 0.4) is 0 Å². The summed E-state index contributed by atoms with van der Waals surface area (Å²) in [5.74, 6) is -0.207. The van der Waals surface area contributed by atoms with E-state index in [4.69, 9.17) is 16.9 Å². The first-order valence-electron chi connectivity index (χ1n) is 6.80. The fourth-order valence-electron chi connectivity index (χ4n) is 2.60. The molecule has 3 nitrogen and oxygen atoms in total. The third kappa shape index (κ3) is 2.76. The normalized spacial score (nSPS) is 12.6. The number of rotatable bonds is 2. The van der Waals surface area contributed by atoms with Crippen LogP contribution in [-0.4, -0.2) is 5.91 Å². The van der Waals surface area contributed by atoms with Crippen LogP contribution in [0, 0.1) is 11.3 Å². The molecular formula is C17H13ClN2O. The van der Waals surface area contributed by atoms with Crippen LogP contribution in [-0.2, 0) is 12.8 Å². The Morgan fingerprint density at radius 1 is 1.14 bits per heavy atom. The van der Waals surface area contributed by atoms with Gasteiger partial charge in [0.1, 0.15) is 0 Å². The number of amides is 1. The zero-order chi connectivity index (χ0) is 14.8. The minimum Gasteiger partial charge on any atom is -0.321 e. The molecule has 0 bridgehead atoms. The number of aryl methyl sites for hydroxylation is 2. The maximum absolute atomic E-state index is 12.3. The number of halogens is 1. The average molecular weight is 297 g/mol. The van der Waals surface area contributed by atoms with Crippen molar-refractivity contribution in [1.82, 2.24) is 0 Å². The Bertz CT molecular complexity index is 762. The molecule has 1 aliphatic rings. The van der Waals surface area contributed by atoms with Crippen LogP contribution < -0.4 is 5.32 Å². The highest BCUT2D eigenvalue weighted by atomic mass is 35.5. The maximum atomic E-state index is 12.3. The number of fused-ring (bicyclic) bond motifs is 1. The Morgan fingerprint density at radius 2 is 1.95 bits per heavy atom. The third-order valence-corrected chi connectivity index (χ3v) is 4.03. The van der Waals surface area contributed by atoms with Crippen molar-refractivity contribution in [3.63, 3.8) is 0 Å². The van der Waals surface area contributed by atoms with Crippen molar-refractivity contribution < 1.29 is 4.79 Å². The Kier molecular flexibility index (Phi) is 3.64. The molecule has 0 saturated heterocycles. The van der Waals surface area contributed by atoms with E-state index in [1.54, 1.807) is 18.2 Å². The fraction of sp³-hybridized carbons (Fsp3) is 0.176. The lowest BCUT2D eigenvalue weighted by molar-refractivity contribution is 0.102. The molecule has 0 fully saturated rings. The minimum absolute atomic E-state index is 0.207. The molecule has 104 valence electrons. The Morgan fingerprint density at radius 3 is 2.76 bits per heavy atom. The molecule has 0 spiro atoms. The lowest BCUT2D eigenvalue weighted by Crippen LogP contribution is -2.12. The lowest BCUT2D eigenvalue weighted by Gasteiger charge is -2.09. The van der Waals surface area contributed by atoms with E-state index in [1.165, 1.54) is 11.1 Å². The Labute approximate surface area is 128 Å². The third-order valence-electron chi connectivity index (χ3n) is 3.70. The number of hydrogen-bond donors (Lipinski definition) is 1. The van der Waals surface area contributed by atoms with Crippen molar-refractivity contribution in [3.8, 4) is 6.07 Å². The summed E-state index contributed by atoms with van der Waals surface area (Å²) in [6, 6.07) is 12.6. The molecule has 1 aliphatic carbocycles. The molecule has 0 radical (unpaired) electrons. The number of nitriles is 1. The minimum atomic E-state index is -0.207. The first kappa shape index (κ1) is 13.7. The molecule has 0 atom stereocenters. The second-order valence-electron chi connectivity index (χ2n) is 5.10. The molecule has 1 N–H and O–H groups in total. The predicted octanol–water partition coefficient (Wildman–Crippen LogP) is 3.95. The quantitative estimate of drug-likeness (QED) is 0.912. The smallest absolute Gasteiger partial charge is 0.255 e. The lowest BCUT2D eigenvalue weighted by atomic mass is 10.1. The van der Waals surface area contributed by atoms with E-state index < -0.39 is 0 Å². The summed E-state index contributed by atoms with van der Waals surface area (Å²) in [5, 5.41) is 12.1. The van der Waals surface area contributed by atoms with Crippen LogP contribution in [0.4, 0.5) is 5.69 Å². The van der Waals surface area contributed by atoms with Gasteiger partial charge in [-0.15, -0.1) is 0 Å². The van der Waals surface area contributed by atoms with Gasteiger partial charge in [0.15, 0.2) is 0 Å². The molecule has 0 heterocycles. The number of carbonyl (C=O) groups excluding carboxylic acids is 1. The summed E-state index contributed by atoms with van der Waals surface area (Å²) in [6.07, 6.45) is 3.27. The van der Waals surface area contributed by atoms with Crippen molar-refractivity contribution in [2.24, 2.45) is 0 Å². The van der Waals surface area contributed by atoms with Crippen molar-refractivity contribution >= 4 is 23.2 Å². The van der Waals surface area contributed by atoms with Crippen molar-refractivity contribution in [3.05, 3.63) is 63.7 Å². The van der Waals surface area contributed by atoms with Gasteiger partial charge >= 0.3 is 0 Å². The van der Waals surface area contributed by atoms with Crippen molar-refractivity contribution in [1.29, 1.82) is 5.26 Å². The molecule has 2 aromatic carbocycles. The van der Waals surface area contributed by atoms with E-state index in [0.29, 0.717) is 21.8 Å². The molecule has 0 unspecified atom stereocenters. The second kappa shape index (κ2) is 5.59. The number of anilines is 1.